The highest BCUT2D eigenvalue weighted by atomic mass is 32.2. The van der Waals surface area contributed by atoms with Crippen molar-refractivity contribution in [3.05, 3.63) is 30.3 Å². The maximum absolute atomic E-state index is 12.5. The number of hydrogen-bond donors (Lipinski definition) is 1. The van der Waals surface area contributed by atoms with Crippen LogP contribution in [-0.4, -0.2) is 15.0 Å². The number of hydrogen-bond acceptors (Lipinski definition) is 2. The van der Waals surface area contributed by atoms with E-state index >= 15 is 0 Å². The van der Waals surface area contributed by atoms with E-state index in [1.165, 1.54) is 25.7 Å². The Kier molecular flexibility index (Phi) is 4.27. The summed E-state index contributed by atoms with van der Waals surface area (Å²) in [5.41, 5.74) is 0.410. The van der Waals surface area contributed by atoms with E-state index in [9.17, 15) is 8.42 Å². The molecule has 5 rings (SSSR count). The second-order valence-electron chi connectivity index (χ2n) is 9.70. The smallest absolute Gasteiger partial charge is 0.211 e. The van der Waals surface area contributed by atoms with Gasteiger partial charge in [-0.1, -0.05) is 39.0 Å². The minimum Gasteiger partial charge on any atom is -0.211 e. The summed E-state index contributed by atoms with van der Waals surface area (Å²) < 4.78 is 28.0. The minimum absolute atomic E-state index is 0.381. The zero-order chi connectivity index (χ0) is 17.8. The standard InChI is InChI=1S/C21H31NO2S/c1-21(2,3)20-16-9-14-10-17(20)12-15(11-16)19(14)13-22-25(23,24)18-7-5-4-6-8-18/h4-8,14-17,19-20,22H,9-13H2,1-3H3. The fraction of sp³-hybridized carbons (Fsp3) is 0.714. The van der Waals surface area contributed by atoms with E-state index in [4.69, 9.17) is 0 Å². The SMILES string of the molecule is CC(C)(C)C1C2CC3CC1CC(C2)C3CNS(=O)(=O)c1ccccc1. The van der Waals surface area contributed by atoms with Gasteiger partial charge in [0.2, 0.25) is 10.0 Å². The first kappa shape index (κ1) is 17.5. The molecule has 0 spiro atoms. The van der Waals surface area contributed by atoms with Crippen LogP contribution in [0.1, 0.15) is 46.5 Å². The number of sulfonamides is 1. The van der Waals surface area contributed by atoms with Crippen molar-refractivity contribution in [2.24, 2.45) is 40.9 Å². The molecule has 3 nitrogen and oxygen atoms in total. The largest absolute Gasteiger partial charge is 0.240 e. The van der Waals surface area contributed by atoms with Crippen molar-refractivity contribution >= 4 is 10.0 Å². The molecule has 4 bridgehead atoms. The van der Waals surface area contributed by atoms with Crippen LogP contribution in [0.25, 0.3) is 0 Å². The normalized spacial score (nSPS) is 37.4. The summed E-state index contributed by atoms with van der Waals surface area (Å²) in [6.45, 7) is 7.84. The molecular formula is C21H31NO2S. The van der Waals surface area contributed by atoms with Gasteiger partial charge in [0, 0.05) is 6.54 Å². The van der Waals surface area contributed by atoms with Crippen LogP contribution in [0.4, 0.5) is 0 Å². The summed E-state index contributed by atoms with van der Waals surface area (Å²) in [7, 11) is -3.38. The number of rotatable bonds is 4. The highest BCUT2D eigenvalue weighted by molar-refractivity contribution is 7.89. The number of nitrogens with one attached hydrogen (secondary N) is 1. The third-order valence-corrected chi connectivity index (χ3v) is 8.65. The Labute approximate surface area is 152 Å². The summed E-state index contributed by atoms with van der Waals surface area (Å²) >= 11 is 0. The van der Waals surface area contributed by atoms with Crippen molar-refractivity contribution in [2.45, 2.75) is 51.3 Å². The summed E-state index contributed by atoms with van der Waals surface area (Å²) in [6.07, 6.45) is 5.25. The van der Waals surface area contributed by atoms with Gasteiger partial charge < -0.3 is 0 Å². The average molecular weight is 362 g/mol. The number of benzene rings is 1. The van der Waals surface area contributed by atoms with Crippen LogP contribution in [0.15, 0.2) is 35.2 Å². The molecule has 25 heavy (non-hydrogen) atoms. The van der Waals surface area contributed by atoms with Gasteiger partial charge in [-0.05, 0) is 78.7 Å². The van der Waals surface area contributed by atoms with Gasteiger partial charge in [0.1, 0.15) is 0 Å². The van der Waals surface area contributed by atoms with Crippen LogP contribution in [0.2, 0.25) is 0 Å². The van der Waals surface area contributed by atoms with Crippen LogP contribution in [0.3, 0.4) is 0 Å². The average Bonchev–Trinajstić information content (AvgIpc) is 2.53. The lowest BCUT2D eigenvalue weighted by Gasteiger charge is -2.61. The molecule has 1 aromatic rings. The molecule has 0 aromatic heterocycles. The van der Waals surface area contributed by atoms with Gasteiger partial charge >= 0.3 is 0 Å². The van der Waals surface area contributed by atoms with Crippen molar-refractivity contribution in [3.63, 3.8) is 0 Å². The molecule has 0 atom stereocenters. The van der Waals surface area contributed by atoms with Gasteiger partial charge in [0.05, 0.1) is 4.90 Å². The Balaban J connectivity index is 1.44. The molecule has 0 radical (unpaired) electrons. The highest BCUT2D eigenvalue weighted by Gasteiger charge is 2.55. The van der Waals surface area contributed by atoms with Crippen LogP contribution in [0, 0.1) is 40.9 Å². The molecule has 4 heteroatoms. The summed E-state index contributed by atoms with van der Waals surface area (Å²) in [4.78, 5) is 0.381. The van der Waals surface area contributed by atoms with Gasteiger partial charge in [-0.25, -0.2) is 13.1 Å². The Hall–Kier alpha value is -0.870. The Bertz CT molecular complexity index is 690. The Morgan fingerprint density at radius 3 is 1.92 bits per heavy atom. The van der Waals surface area contributed by atoms with Gasteiger partial charge in [-0.15, -0.1) is 0 Å². The topological polar surface area (TPSA) is 46.2 Å². The van der Waals surface area contributed by atoms with Crippen LogP contribution < -0.4 is 4.72 Å². The van der Waals surface area contributed by atoms with Gasteiger partial charge in [-0.3, -0.25) is 0 Å². The molecule has 0 unspecified atom stereocenters. The minimum atomic E-state index is -3.38. The molecule has 0 heterocycles. The molecule has 138 valence electrons. The zero-order valence-electron chi connectivity index (χ0n) is 15.6. The molecule has 1 N–H and O–H groups in total. The summed E-state index contributed by atoms with van der Waals surface area (Å²) in [6, 6.07) is 8.76. The monoisotopic (exact) mass is 361 g/mol. The first-order valence-electron chi connectivity index (χ1n) is 9.80. The Morgan fingerprint density at radius 2 is 1.44 bits per heavy atom. The van der Waals surface area contributed by atoms with Gasteiger partial charge in [0.25, 0.3) is 0 Å². The third kappa shape index (κ3) is 3.16. The maximum Gasteiger partial charge on any atom is 0.240 e. The lowest BCUT2D eigenvalue weighted by Crippen LogP contribution is -2.55. The van der Waals surface area contributed by atoms with E-state index in [1.54, 1.807) is 24.3 Å². The van der Waals surface area contributed by atoms with E-state index in [-0.39, 0.29) is 0 Å². The van der Waals surface area contributed by atoms with E-state index in [2.05, 4.69) is 25.5 Å². The van der Waals surface area contributed by atoms with Crippen molar-refractivity contribution < 1.29 is 8.42 Å². The summed E-state index contributed by atoms with van der Waals surface area (Å²) in [5, 5.41) is 0. The third-order valence-electron chi connectivity index (χ3n) is 7.21. The van der Waals surface area contributed by atoms with E-state index < -0.39 is 10.0 Å². The first-order valence-corrected chi connectivity index (χ1v) is 11.3. The van der Waals surface area contributed by atoms with Crippen LogP contribution >= 0.6 is 0 Å². The molecule has 4 aliphatic rings. The van der Waals surface area contributed by atoms with Gasteiger partial charge in [0.15, 0.2) is 0 Å². The van der Waals surface area contributed by atoms with E-state index in [0.29, 0.717) is 22.8 Å². The second kappa shape index (κ2) is 6.09. The van der Waals surface area contributed by atoms with Crippen molar-refractivity contribution in [1.82, 2.24) is 4.72 Å². The summed E-state index contributed by atoms with van der Waals surface area (Å²) in [5.74, 6) is 4.57. The molecular weight excluding hydrogens is 330 g/mol. The van der Waals surface area contributed by atoms with E-state index in [0.717, 1.165) is 29.6 Å². The molecule has 4 saturated carbocycles. The molecule has 0 saturated heterocycles. The van der Waals surface area contributed by atoms with Crippen molar-refractivity contribution in [2.75, 3.05) is 6.54 Å². The predicted octanol–water partition coefficient (Wildman–Crippen LogP) is 4.31. The zero-order valence-corrected chi connectivity index (χ0v) is 16.4. The predicted molar refractivity (Wildman–Crippen MR) is 100 cm³/mol. The lowest BCUT2D eigenvalue weighted by atomic mass is 9.44. The molecule has 0 amide bonds. The van der Waals surface area contributed by atoms with E-state index in [1.807, 2.05) is 6.07 Å². The lowest BCUT2D eigenvalue weighted by molar-refractivity contribution is -0.112. The maximum atomic E-state index is 12.5. The fourth-order valence-corrected chi connectivity index (χ4v) is 7.73. The van der Waals surface area contributed by atoms with Gasteiger partial charge in [-0.2, -0.15) is 0 Å². The molecule has 4 fully saturated rings. The first-order chi connectivity index (χ1) is 11.8. The van der Waals surface area contributed by atoms with Crippen LogP contribution in [-0.2, 0) is 10.0 Å². The molecule has 0 aliphatic heterocycles. The second-order valence-corrected chi connectivity index (χ2v) is 11.5. The highest BCUT2D eigenvalue weighted by Crippen LogP contribution is 2.62. The van der Waals surface area contributed by atoms with Crippen molar-refractivity contribution in [1.29, 1.82) is 0 Å². The fourth-order valence-electron chi connectivity index (χ4n) is 6.63. The van der Waals surface area contributed by atoms with Crippen LogP contribution in [0.5, 0.6) is 0 Å². The Morgan fingerprint density at radius 1 is 0.920 bits per heavy atom. The quantitative estimate of drug-likeness (QED) is 0.868. The molecule has 1 aromatic carbocycles. The van der Waals surface area contributed by atoms with Crippen molar-refractivity contribution in [3.8, 4) is 0 Å². The molecule has 4 aliphatic carbocycles.